The van der Waals surface area contributed by atoms with Crippen LogP contribution in [0.1, 0.15) is 25.0 Å². The fraction of sp³-hybridized carbons (Fsp3) is 0.333. The molecule has 0 fully saturated rings. The second-order valence-corrected chi connectivity index (χ2v) is 6.56. The van der Waals surface area contributed by atoms with Gasteiger partial charge in [-0.05, 0) is 37.8 Å². The van der Waals surface area contributed by atoms with Gasteiger partial charge in [-0.1, -0.05) is 60.7 Å². The average Bonchev–Trinajstić information content (AvgIpc) is 2.47. The molecular formula is C18H26N2O4S-2. The van der Waals surface area contributed by atoms with Crippen LogP contribution in [-0.2, 0) is 23.2 Å². The standard InChI is InChI=1S/2C9H13N.H2O4S/c2*1-8(10)7-9-5-3-2-4-6-9;1-5(2,3)4/h2*2-6,8H,7,10H2,1H3;(H2,1,2,3,4)/p-2/t2*8-;/m11./s1. The Morgan fingerprint density at radius 2 is 1.00 bits per heavy atom. The molecule has 2 rings (SSSR count). The summed E-state index contributed by atoms with van der Waals surface area (Å²) in [7, 11) is -5.17. The lowest BCUT2D eigenvalue weighted by molar-refractivity contribution is 0.352. The number of hydrogen-bond donors (Lipinski definition) is 2. The summed E-state index contributed by atoms with van der Waals surface area (Å²) in [5, 5.41) is 0. The van der Waals surface area contributed by atoms with E-state index in [2.05, 4.69) is 24.3 Å². The van der Waals surface area contributed by atoms with Crippen LogP contribution in [0.25, 0.3) is 0 Å². The maximum atomic E-state index is 8.52. The van der Waals surface area contributed by atoms with Gasteiger partial charge in [0.05, 0.1) is 0 Å². The third kappa shape index (κ3) is 18.4. The Balaban J connectivity index is 0.000000368. The predicted octanol–water partition coefficient (Wildman–Crippen LogP) is 1.81. The zero-order valence-electron chi connectivity index (χ0n) is 14.5. The molecule has 0 spiro atoms. The maximum Gasteiger partial charge on any atom is 0.0311 e. The van der Waals surface area contributed by atoms with E-state index in [0.717, 1.165) is 12.8 Å². The van der Waals surface area contributed by atoms with Gasteiger partial charge in [0, 0.05) is 22.5 Å². The van der Waals surface area contributed by atoms with Gasteiger partial charge in [0.15, 0.2) is 0 Å². The molecule has 0 unspecified atom stereocenters. The van der Waals surface area contributed by atoms with Crippen molar-refractivity contribution in [1.29, 1.82) is 0 Å². The number of nitrogens with two attached hydrogens (primary N) is 2. The van der Waals surface area contributed by atoms with E-state index in [9.17, 15) is 0 Å². The van der Waals surface area contributed by atoms with E-state index < -0.39 is 10.4 Å². The first-order valence-corrected chi connectivity index (χ1v) is 9.17. The number of benzene rings is 2. The van der Waals surface area contributed by atoms with Crippen LogP contribution in [0, 0.1) is 0 Å². The van der Waals surface area contributed by atoms with Crippen LogP contribution >= 0.6 is 0 Å². The molecule has 4 N–H and O–H groups in total. The minimum atomic E-state index is -5.17. The van der Waals surface area contributed by atoms with E-state index in [4.69, 9.17) is 29.0 Å². The molecule has 2 atom stereocenters. The highest BCUT2D eigenvalue weighted by atomic mass is 32.3. The quantitative estimate of drug-likeness (QED) is 0.626. The first kappa shape index (κ1) is 23.2. The minimum Gasteiger partial charge on any atom is -0.759 e. The lowest BCUT2D eigenvalue weighted by Gasteiger charge is -2.06. The molecule has 25 heavy (non-hydrogen) atoms. The first-order valence-electron chi connectivity index (χ1n) is 7.83. The monoisotopic (exact) mass is 366 g/mol. The highest BCUT2D eigenvalue weighted by Gasteiger charge is 1.95. The smallest absolute Gasteiger partial charge is 0.0311 e. The summed E-state index contributed by atoms with van der Waals surface area (Å²) in [5.41, 5.74) is 13.9. The van der Waals surface area contributed by atoms with Crippen molar-refractivity contribution in [2.45, 2.75) is 38.8 Å². The van der Waals surface area contributed by atoms with E-state index in [-0.39, 0.29) is 12.1 Å². The molecule has 140 valence electrons. The van der Waals surface area contributed by atoms with Crippen molar-refractivity contribution in [3.8, 4) is 0 Å². The highest BCUT2D eigenvalue weighted by Crippen LogP contribution is 2.01. The van der Waals surface area contributed by atoms with Crippen LogP contribution in [0.15, 0.2) is 60.7 Å². The van der Waals surface area contributed by atoms with Crippen LogP contribution in [0.2, 0.25) is 0 Å². The zero-order valence-corrected chi connectivity index (χ0v) is 15.4. The van der Waals surface area contributed by atoms with Gasteiger partial charge in [-0.25, -0.2) is 0 Å². The lowest BCUT2D eigenvalue weighted by atomic mass is 10.1. The topological polar surface area (TPSA) is 132 Å². The van der Waals surface area contributed by atoms with Crippen molar-refractivity contribution in [2.75, 3.05) is 0 Å². The van der Waals surface area contributed by atoms with E-state index in [1.165, 1.54) is 11.1 Å². The molecule has 0 aliphatic rings. The molecule has 0 radical (unpaired) electrons. The van der Waals surface area contributed by atoms with Crippen molar-refractivity contribution in [2.24, 2.45) is 11.5 Å². The molecule has 0 aromatic heterocycles. The third-order valence-corrected chi connectivity index (χ3v) is 2.80. The van der Waals surface area contributed by atoms with Crippen molar-refractivity contribution in [1.82, 2.24) is 0 Å². The predicted molar refractivity (Wildman–Crippen MR) is 98.1 cm³/mol. The highest BCUT2D eigenvalue weighted by molar-refractivity contribution is 7.79. The van der Waals surface area contributed by atoms with Gasteiger partial charge < -0.3 is 20.6 Å². The van der Waals surface area contributed by atoms with E-state index in [1.54, 1.807) is 0 Å². The molecule has 0 saturated heterocycles. The van der Waals surface area contributed by atoms with Crippen LogP contribution in [0.5, 0.6) is 0 Å². The summed E-state index contributed by atoms with van der Waals surface area (Å²) in [6.07, 6.45) is 1.95. The van der Waals surface area contributed by atoms with Gasteiger partial charge in [0.25, 0.3) is 0 Å². The van der Waals surface area contributed by atoms with Gasteiger partial charge in [0.1, 0.15) is 0 Å². The third-order valence-electron chi connectivity index (χ3n) is 2.80. The first-order chi connectivity index (χ1) is 11.6. The van der Waals surface area contributed by atoms with Gasteiger partial charge in [-0.3, -0.25) is 8.42 Å². The molecule has 0 bridgehead atoms. The van der Waals surface area contributed by atoms with Gasteiger partial charge in [-0.15, -0.1) is 0 Å². The SMILES string of the molecule is C[C@@H](N)Cc1ccccc1.C[C@@H](N)Cc1ccccc1.O=S(=O)([O-])[O-]. The van der Waals surface area contributed by atoms with Crippen LogP contribution in [-0.4, -0.2) is 29.6 Å². The number of rotatable bonds is 4. The summed E-state index contributed by atoms with van der Waals surface area (Å²) in [6, 6.07) is 21.1. The van der Waals surface area contributed by atoms with Gasteiger partial charge >= 0.3 is 0 Å². The fourth-order valence-corrected chi connectivity index (χ4v) is 1.97. The average molecular weight is 366 g/mol. The molecule has 0 aliphatic heterocycles. The lowest BCUT2D eigenvalue weighted by Crippen LogP contribution is -2.17. The second-order valence-electron chi connectivity index (χ2n) is 5.74. The Kier molecular flexibility index (Phi) is 11.7. The Hall–Kier alpha value is -1.77. The second kappa shape index (κ2) is 12.6. The minimum absolute atomic E-state index is 0.266. The number of hydrogen-bond acceptors (Lipinski definition) is 6. The summed E-state index contributed by atoms with van der Waals surface area (Å²) < 4.78 is 34.1. The van der Waals surface area contributed by atoms with E-state index >= 15 is 0 Å². The van der Waals surface area contributed by atoms with E-state index in [1.807, 2.05) is 50.2 Å². The molecule has 7 heteroatoms. The van der Waals surface area contributed by atoms with Crippen molar-refractivity contribution in [3.05, 3.63) is 71.8 Å². The normalized spacial score (nSPS) is 12.7. The van der Waals surface area contributed by atoms with Crippen molar-refractivity contribution < 1.29 is 17.5 Å². The molecule has 6 nitrogen and oxygen atoms in total. The molecule has 0 saturated carbocycles. The summed E-state index contributed by atoms with van der Waals surface area (Å²) in [6.45, 7) is 4.04. The Morgan fingerprint density at radius 3 is 1.20 bits per heavy atom. The zero-order chi connectivity index (χ0) is 19.3. The van der Waals surface area contributed by atoms with Crippen LogP contribution < -0.4 is 11.5 Å². The van der Waals surface area contributed by atoms with Crippen molar-refractivity contribution >= 4 is 10.4 Å². The molecule has 2 aromatic rings. The molecule has 0 heterocycles. The van der Waals surface area contributed by atoms with Gasteiger partial charge in [-0.2, -0.15) is 0 Å². The molecule has 0 amide bonds. The van der Waals surface area contributed by atoms with E-state index in [0.29, 0.717) is 0 Å². The van der Waals surface area contributed by atoms with Gasteiger partial charge in [0.2, 0.25) is 0 Å². The Labute approximate surface area is 150 Å². The largest absolute Gasteiger partial charge is 0.759 e. The summed E-state index contributed by atoms with van der Waals surface area (Å²) in [5.74, 6) is 0. The van der Waals surface area contributed by atoms with Crippen LogP contribution in [0.4, 0.5) is 0 Å². The maximum absolute atomic E-state index is 8.52. The fourth-order valence-electron chi connectivity index (χ4n) is 1.97. The summed E-state index contributed by atoms with van der Waals surface area (Å²) in [4.78, 5) is 0. The molecule has 0 aliphatic carbocycles. The Morgan fingerprint density at radius 1 is 0.760 bits per heavy atom. The van der Waals surface area contributed by atoms with Crippen molar-refractivity contribution in [3.63, 3.8) is 0 Å². The molecular weight excluding hydrogens is 340 g/mol. The Bertz CT molecular complexity index is 606. The van der Waals surface area contributed by atoms with Crippen LogP contribution in [0.3, 0.4) is 0 Å². The summed E-state index contributed by atoms with van der Waals surface area (Å²) >= 11 is 0. The molecule has 2 aromatic carbocycles.